The number of nitrogens with one attached hydrogen (secondary N) is 2. The van der Waals surface area contributed by atoms with Crippen molar-refractivity contribution in [2.45, 2.75) is 50.6 Å². The molecule has 1 saturated carbocycles. The predicted molar refractivity (Wildman–Crippen MR) is 122 cm³/mol. The minimum absolute atomic E-state index is 0.0917. The van der Waals surface area contributed by atoms with E-state index in [0.717, 1.165) is 51.6 Å². The summed E-state index contributed by atoms with van der Waals surface area (Å²) in [7, 11) is 2.07. The number of carbonyl (C=O) groups is 2. The summed E-state index contributed by atoms with van der Waals surface area (Å²) in [5, 5.41) is 6.31. The minimum Gasteiger partial charge on any atom is -0.353 e. The summed E-state index contributed by atoms with van der Waals surface area (Å²) in [4.78, 5) is 31.7. The third-order valence-electron chi connectivity index (χ3n) is 6.55. The van der Waals surface area contributed by atoms with Gasteiger partial charge in [-0.3, -0.25) is 14.6 Å². The van der Waals surface area contributed by atoms with Gasteiger partial charge in [0.05, 0.1) is 17.2 Å². The van der Waals surface area contributed by atoms with E-state index in [0.29, 0.717) is 16.8 Å². The molecule has 2 aliphatic rings. The molecule has 1 aliphatic carbocycles. The quantitative estimate of drug-likeness (QED) is 0.751. The van der Waals surface area contributed by atoms with Crippen molar-refractivity contribution in [3.8, 4) is 11.3 Å². The van der Waals surface area contributed by atoms with Gasteiger partial charge in [0.2, 0.25) is 5.91 Å². The van der Waals surface area contributed by atoms with Gasteiger partial charge >= 0.3 is 0 Å². The van der Waals surface area contributed by atoms with Crippen molar-refractivity contribution in [2.75, 3.05) is 20.1 Å². The van der Waals surface area contributed by atoms with E-state index < -0.39 is 0 Å². The molecule has 4 rings (SSSR count). The van der Waals surface area contributed by atoms with Crippen molar-refractivity contribution < 1.29 is 14.0 Å². The lowest BCUT2D eigenvalue weighted by molar-refractivity contribution is -0.127. The van der Waals surface area contributed by atoms with Gasteiger partial charge in [0.1, 0.15) is 5.82 Å². The third-order valence-corrected chi connectivity index (χ3v) is 6.55. The van der Waals surface area contributed by atoms with Crippen LogP contribution in [0.5, 0.6) is 0 Å². The van der Waals surface area contributed by atoms with E-state index in [-0.39, 0.29) is 35.6 Å². The largest absolute Gasteiger partial charge is 0.353 e. The van der Waals surface area contributed by atoms with Gasteiger partial charge < -0.3 is 15.5 Å². The normalized spacial score (nSPS) is 24.0. The standard InChI is InChI=1S/C25H31FN4O2/c1-30-13-3-5-19(16-30)25(32)29-22-10-8-21(9-11-22)28-24(31)18-7-12-23(27-15-18)17-4-2-6-20(26)14-17/h2,4,6-7,12,14-15,19,21-22H,3,5,8-11,13,16H2,1H3,(H,28,31)(H,29,32). The molecule has 6 nitrogen and oxygen atoms in total. The SMILES string of the molecule is CN1CCCC(C(=O)NC2CCC(NC(=O)c3ccc(-c4cccc(F)c4)nc3)CC2)C1. The molecule has 0 bridgehead atoms. The van der Waals surface area contributed by atoms with Crippen LogP contribution in [0.4, 0.5) is 4.39 Å². The topological polar surface area (TPSA) is 74.3 Å². The van der Waals surface area contributed by atoms with Crippen molar-refractivity contribution in [3.05, 3.63) is 54.0 Å². The molecule has 32 heavy (non-hydrogen) atoms. The second kappa shape index (κ2) is 10.2. The number of hydrogen-bond acceptors (Lipinski definition) is 4. The monoisotopic (exact) mass is 438 g/mol. The highest BCUT2D eigenvalue weighted by Gasteiger charge is 2.28. The number of hydrogen-bond donors (Lipinski definition) is 2. The highest BCUT2D eigenvalue weighted by molar-refractivity contribution is 5.94. The number of carbonyl (C=O) groups excluding carboxylic acids is 2. The molecule has 1 unspecified atom stereocenters. The van der Waals surface area contributed by atoms with Crippen molar-refractivity contribution in [1.29, 1.82) is 0 Å². The second-order valence-corrected chi connectivity index (χ2v) is 9.07. The number of piperidine rings is 1. The molecule has 170 valence electrons. The Morgan fingerprint density at radius 1 is 1.03 bits per heavy atom. The summed E-state index contributed by atoms with van der Waals surface area (Å²) in [5.74, 6) is -0.201. The van der Waals surface area contributed by atoms with E-state index >= 15 is 0 Å². The smallest absolute Gasteiger partial charge is 0.253 e. The first-order valence-corrected chi connectivity index (χ1v) is 11.5. The lowest BCUT2D eigenvalue weighted by Crippen LogP contribution is -2.47. The maximum absolute atomic E-state index is 13.4. The zero-order valence-corrected chi connectivity index (χ0v) is 18.5. The molecule has 1 atom stereocenters. The van der Waals surface area contributed by atoms with Crippen LogP contribution in [0.1, 0.15) is 48.9 Å². The van der Waals surface area contributed by atoms with Gasteiger partial charge in [-0.05, 0) is 76.4 Å². The Hall–Kier alpha value is -2.80. The zero-order chi connectivity index (χ0) is 22.5. The molecule has 2 amide bonds. The Bertz CT molecular complexity index is 941. The van der Waals surface area contributed by atoms with Gasteiger partial charge in [-0.2, -0.15) is 0 Å². The van der Waals surface area contributed by atoms with Gasteiger partial charge in [-0.1, -0.05) is 12.1 Å². The Labute approximate surface area is 188 Å². The molecule has 7 heteroatoms. The average molecular weight is 439 g/mol. The number of halogens is 1. The van der Waals surface area contributed by atoms with Crippen molar-refractivity contribution in [3.63, 3.8) is 0 Å². The van der Waals surface area contributed by atoms with Crippen molar-refractivity contribution in [2.24, 2.45) is 5.92 Å². The maximum Gasteiger partial charge on any atom is 0.253 e. The van der Waals surface area contributed by atoms with Gasteiger partial charge in [-0.15, -0.1) is 0 Å². The Kier molecular flexibility index (Phi) is 7.15. The first kappa shape index (κ1) is 22.4. The first-order valence-electron chi connectivity index (χ1n) is 11.5. The summed E-state index contributed by atoms with van der Waals surface area (Å²) < 4.78 is 13.4. The summed E-state index contributed by atoms with van der Waals surface area (Å²) in [6, 6.07) is 9.98. The fraction of sp³-hybridized carbons (Fsp3) is 0.480. The van der Waals surface area contributed by atoms with Gasteiger partial charge in [0, 0.05) is 30.4 Å². The molecular formula is C25H31FN4O2. The van der Waals surface area contributed by atoms with E-state index in [1.165, 1.54) is 18.3 Å². The fourth-order valence-corrected chi connectivity index (χ4v) is 4.70. The van der Waals surface area contributed by atoms with Crippen LogP contribution in [0.25, 0.3) is 11.3 Å². The van der Waals surface area contributed by atoms with E-state index in [2.05, 4.69) is 27.6 Å². The van der Waals surface area contributed by atoms with E-state index in [1.807, 2.05) is 0 Å². The Balaban J connectivity index is 1.24. The fourth-order valence-electron chi connectivity index (χ4n) is 4.70. The molecule has 0 spiro atoms. The third kappa shape index (κ3) is 5.71. The molecule has 1 aromatic carbocycles. The number of pyridine rings is 1. The van der Waals surface area contributed by atoms with Crippen LogP contribution in [0, 0.1) is 11.7 Å². The number of aromatic nitrogens is 1. The van der Waals surface area contributed by atoms with Crippen LogP contribution in [-0.4, -0.2) is 53.9 Å². The summed E-state index contributed by atoms with van der Waals surface area (Å²) in [6.07, 6.45) is 7.00. The van der Waals surface area contributed by atoms with Gasteiger partial charge in [0.25, 0.3) is 5.91 Å². The van der Waals surface area contributed by atoms with E-state index in [1.54, 1.807) is 24.3 Å². The number of rotatable bonds is 5. The zero-order valence-electron chi connectivity index (χ0n) is 18.5. The van der Waals surface area contributed by atoms with Gasteiger partial charge in [-0.25, -0.2) is 4.39 Å². The Morgan fingerprint density at radius 2 is 1.78 bits per heavy atom. The van der Waals surface area contributed by atoms with E-state index in [4.69, 9.17) is 0 Å². The Morgan fingerprint density at radius 3 is 2.44 bits per heavy atom. The number of benzene rings is 1. The molecule has 0 radical (unpaired) electrons. The molecular weight excluding hydrogens is 407 g/mol. The second-order valence-electron chi connectivity index (χ2n) is 9.07. The highest BCUT2D eigenvalue weighted by atomic mass is 19.1. The van der Waals surface area contributed by atoms with Gasteiger partial charge in [0.15, 0.2) is 0 Å². The van der Waals surface area contributed by atoms with Crippen LogP contribution in [0.3, 0.4) is 0 Å². The number of amides is 2. The van der Waals surface area contributed by atoms with E-state index in [9.17, 15) is 14.0 Å². The number of likely N-dealkylation sites (tertiary alicyclic amines) is 1. The summed E-state index contributed by atoms with van der Waals surface area (Å²) in [6.45, 7) is 1.90. The van der Waals surface area contributed by atoms with Crippen LogP contribution < -0.4 is 10.6 Å². The summed E-state index contributed by atoms with van der Waals surface area (Å²) in [5.41, 5.74) is 1.79. The van der Waals surface area contributed by atoms with Crippen molar-refractivity contribution in [1.82, 2.24) is 20.5 Å². The molecule has 1 saturated heterocycles. The first-order chi connectivity index (χ1) is 15.5. The van der Waals surface area contributed by atoms with Crippen molar-refractivity contribution >= 4 is 11.8 Å². The molecule has 2 heterocycles. The minimum atomic E-state index is -0.316. The lowest BCUT2D eigenvalue weighted by atomic mass is 9.90. The van der Waals surface area contributed by atoms with Crippen LogP contribution in [-0.2, 0) is 4.79 Å². The maximum atomic E-state index is 13.4. The predicted octanol–water partition coefficient (Wildman–Crippen LogP) is 3.39. The van der Waals surface area contributed by atoms with Crippen LogP contribution in [0.2, 0.25) is 0 Å². The summed E-state index contributed by atoms with van der Waals surface area (Å²) >= 11 is 0. The molecule has 1 aromatic heterocycles. The average Bonchev–Trinajstić information content (AvgIpc) is 2.80. The molecule has 2 aromatic rings. The number of nitrogens with zero attached hydrogens (tertiary/aromatic N) is 2. The lowest BCUT2D eigenvalue weighted by Gasteiger charge is -2.33. The highest BCUT2D eigenvalue weighted by Crippen LogP contribution is 2.22. The molecule has 2 fully saturated rings. The van der Waals surface area contributed by atoms with Crippen LogP contribution in [0.15, 0.2) is 42.6 Å². The molecule has 1 aliphatic heterocycles. The molecule has 2 N–H and O–H groups in total. The van der Waals surface area contributed by atoms with Crippen LogP contribution >= 0.6 is 0 Å².